The zero-order valence-electron chi connectivity index (χ0n) is 15.9. The molecule has 0 aromatic carbocycles. The second-order valence-corrected chi connectivity index (χ2v) is 7.24. The summed E-state index contributed by atoms with van der Waals surface area (Å²) in [5.74, 6) is 0. The number of unbranched alkanes of at least 4 members (excludes halogenated alkanes) is 16. The summed E-state index contributed by atoms with van der Waals surface area (Å²) in [6, 6.07) is 0. The third kappa shape index (κ3) is 21.8. The Labute approximate surface area is 150 Å². The molecule has 0 atom stereocenters. The molecule has 0 aliphatic carbocycles. The molecule has 4 N–H and O–H groups in total. The molecular formula is C20H43NO3. The Bertz CT molecular complexity index is 225. The van der Waals surface area contributed by atoms with Crippen LogP contribution in [0.2, 0.25) is 0 Å². The van der Waals surface area contributed by atoms with Crippen LogP contribution < -0.4 is 5.48 Å². The lowest BCUT2D eigenvalue weighted by Gasteiger charge is -2.04. The maximum Gasteiger partial charge on any atom is 0.151 e. The van der Waals surface area contributed by atoms with Crippen LogP contribution in [-0.2, 0) is 0 Å². The molecule has 0 unspecified atom stereocenters. The van der Waals surface area contributed by atoms with Crippen molar-refractivity contribution in [1.82, 2.24) is 0 Å². The molecule has 0 saturated heterocycles. The first-order chi connectivity index (χ1) is 11.8. The molecule has 0 aromatic heterocycles. The van der Waals surface area contributed by atoms with E-state index in [1.165, 1.54) is 89.9 Å². The van der Waals surface area contributed by atoms with Crippen LogP contribution in [0.3, 0.4) is 0 Å². The second kappa shape index (κ2) is 20.9. The fraction of sp³-hybridized carbons (Fsp3) is 1.00. The lowest BCUT2D eigenvalue weighted by atomic mass is 10.0. The summed E-state index contributed by atoms with van der Waals surface area (Å²) in [6.07, 6.45) is 21.4. The predicted molar refractivity (Wildman–Crippen MR) is 101 cm³/mol. The average molecular weight is 346 g/mol. The number of aliphatic hydroxyl groups excluding tert-OH is 1. The van der Waals surface area contributed by atoms with Gasteiger partial charge < -0.3 is 20.9 Å². The van der Waals surface area contributed by atoms with Gasteiger partial charge in [-0.05, 0) is 25.7 Å². The van der Waals surface area contributed by atoms with E-state index in [-0.39, 0.29) is 0 Å². The molecule has 146 valence electrons. The minimum absolute atomic E-state index is 0.528. The van der Waals surface area contributed by atoms with Crippen LogP contribution in [0.1, 0.15) is 116 Å². The molecule has 0 heterocycles. The van der Waals surface area contributed by atoms with Gasteiger partial charge in [-0.2, -0.15) is 0 Å². The van der Waals surface area contributed by atoms with Crippen molar-refractivity contribution in [2.75, 3.05) is 6.54 Å². The van der Waals surface area contributed by atoms with Crippen LogP contribution in [0.15, 0.2) is 0 Å². The van der Waals surface area contributed by atoms with E-state index in [4.69, 9.17) is 10.2 Å². The van der Waals surface area contributed by atoms with Crippen LogP contribution in [-0.4, -0.2) is 23.0 Å². The summed E-state index contributed by atoms with van der Waals surface area (Å²) >= 11 is 0. The van der Waals surface area contributed by atoms with Gasteiger partial charge in [0.15, 0.2) is 6.29 Å². The monoisotopic (exact) mass is 345 g/mol. The minimum atomic E-state index is -1.11. The summed E-state index contributed by atoms with van der Waals surface area (Å²) < 4.78 is 0. The summed E-state index contributed by atoms with van der Waals surface area (Å²) in [5, 5.41) is 27.7. The Balaban J connectivity index is 2.95. The SMILES string of the molecule is [O-][NH2+]CCCCCCCCCCCCCCCCCCCC(O)O. The van der Waals surface area contributed by atoms with Crippen molar-refractivity contribution in [2.45, 2.75) is 122 Å². The minimum Gasteiger partial charge on any atom is -0.636 e. The fourth-order valence-electron chi connectivity index (χ4n) is 3.21. The molecule has 0 bridgehead atoms. The molecular weight excluding hydrogens is 302 g/mol. The highest BCUT2D eigenvalue weighted by molar-refractivity contribution is 4.50. The van der Waals surface area contributed by atoms with Crippen LogP contribution in [0.5, 0.6) is 0 Å². The third-order valence-electron chi connectivity index (χ3n) is 4.78. The molecule has 0 saturated carbocycles. The Kier molecular flexibility index (Phi) is 20.7. The number of nitrogens with two attached hydrogens (primary N) is 1. The number of quaternary nitrogens is 1. The quantitative estimate of drug-likeness (QED) is 0.174. The normalized spacial score (nSPS) is 11.5. The molecule has 0 amide bonds. The van der Waals surface area contributed by atoms with Gasteiger partial charge in [-0.1, -0.05) is 89.9 Å². The number of rotatable bonds is 20. The van der Waals surface area contributed by atoms with Gasteiger partial charge in [-0.3, -0.25) is 0 Å². The molecule has 0 aliphatic heterocycles. The van der Waals surface area contributed by atoms with Gasteiger partial charge in [0.1, 0.15) is 0 Å². The topological polar surface area (TPSA) is 80.1 Å². The van der Waals surface area contributed by atoms with Crippen LogP contribution in [0, 0.1) is 5.21 Å². The van der Waals surface area contributed by atoms with Gasteiger partial charge >= 0.3 is 0 Å². The third-order valence-corrected chi connectivity index (χ3v) is 4.78. The summed E-state index contributed by atoms with van der Waals surface area (Å²) in [5.41, 5.74) is 1.03. The molecule has 0 fully saturated rings. The van der Waals surface area contributed by atoms with Crippen molar-refractivity contribution in [2.24, 2.45) is 0 Å². The molecule has 0 aliphatic rings. The largest absolute Gasteiger partial charge is 0.636 e. The van der Waals surface area contributed by atoms with Gasteiger partial charge in [0, 0.05) is 0 Å². The Hall–Kier alpha value is -0.160. The van der Waals surface area contributed by atoms with E-state index in [2.05, 4.69) is 0 Å². The van der Waals surface area contributed by atoms with Gasteiger partial charge in [-0.15, -0.1) is 0 Å². The summed E-state index contributed by atoms with van der Waals surface area (Å²) in [4.78, 5) is 0. The molecule has 24 heavy (non-hydrogen) atoms. The van der Waals surface area contributed by atoms with Crippen molar-refractivity contribution in [3.8, 4) is 0 Å². The number of hydrogen-bond donors (Lipinski definition) is 3. The van der Waals surface area contributed by atoms with E-state index in [1.807, 2.05) is 0 Å². The lowest BCUT2D eigenvalue weighted by molar-refractivity contribution is -0.589. The van der Waals surface area contributed by atoms with E-state index in [9.17, 15) is 5.21 Å². The number of hydroxylamine groups is 1. The molecule has 4 nitrogen and oxygen atoms in total. The predicted octanol–water partition coefficient (Wildman–Crippen LogP) is 4.38. The summed E-state index contributed by atoms with van der Waals surface area (Å²) in [7, 11) is 0. The molecule has 0 radical (unpaired) electrons. The van der Waals surface area contributed by atoms with Gasteiger partial charge in [0.2, 0.25) is 0 Å². The van der Waals surface area contributed by atoms with Gasteiger partial charge in [0.25, 0.3) is 0 Å². The standard InChI is InChI=1S/C20H43NO3/c22-20(23)18-16-14-12-10-8-6-4-2-1-3-5-7-9-11-13-15-17-19-21-24/h20,22-23H,1-19,21H2. The maximum absolute atomic E-state index is 10.2. The Morgan fingerprint density at radius 2 is 0.792 bits per heavy atom. The van der Waals surface area contributed by atoms with E-state index in [1.54, 1.807) is 0 Å². The van der Waals surface area contributed by atoms with E-state index < -0.39 is 6.29 Å². The first-order valence-electron chi connectivity index (χ1n) is 10.6. The Morgan fingerprint density at radius 1 is 0.500 bits per heavy atom. The fourth-order valence-corrected chi connectivity index (χ4v) is 3.21. The van der Waals surface area contributed by atoms with E-state index >= 15 is 0 Å². The highest BCUT2D eigenvalue weighted by atomic mass is 16.5. The van der Waals surface area contributed by atoms with Crippen molar-refractivity contribution in [3.05, 3.63) is 5.21 Å². The number of hydrogen-bond acceptors (Lipinski definition) is 3. The molecule has 0 spiro atoms. The van der Waals surface area contributed by atoms with Gasteiger partial charge in [-0.25, -0.2) is 0 Å². The molecule has 0 aromatic rings. The highest BCUT2D eigenvalue weighted by Crippen LogP contribution is 2.14. The first kappa shape index (κ1) is 23.8. The molecule has 4 heteroatoms. The zero-order chi connectivity index (χ0) is 17.7. The maximum atomic E-state index is 10.2. The van der Waals surface area contributed by atoms with Crippen molar-refractivity contribution in [3.63, 3.8) is 0 Å². The smallest absolute Gasteiger partial charge is 0.151 e. The lowest BCUT2D eigenvalue weighted by Crippen LogP contribution is -2.77. The number of aliphatic hydroxyl groups is 2. The van der Waals surface area contributed by atoms with Crippen LogP contribution >= 0.6 is 0 Å². The van der Waals surface area contributed by atoms with Crippen molar-refractivity contribution in [1.29, 1.82) is 0 Å². The summed E-state index contributed by atoms with van der Waals surface area (Å²) in [6.45, 7) is 0.744. The van der Waals surface area contributed by atoms with Crippen LogP contribution in [0.25, 0.3) is 0 Å². The van der Waals surface area contributed by atoms with Gasteiger partial charge in [0.05, 0.1) is 6.54 Å². The van der Waals surface area contributed by atoms with E-state index in [0.717, 1.165) is 31.3 Å². The molecule has 0 rings (SSSR count). The first-order valence-corrected chi connectivity index (χ1v) is 10.6. The van der Waals surface area contributed by atoms with E-state index in [0.29, 0.717) is 6.42 Å². The zero-order valence-corrected chi connectivity index (χ0v) is 15.9. The average Bonchev–Trinajstić information content (AvgIpc) is 2.56. The second-order valence-electron chi connectivity index (χ2n) is 7.24. The van der Waals surface area contributed by atoms with Crippen molar-refractivity contribution >= 4 is 0 Å². The Morgan fingerprint density at radius 3 is 1.08 bits per heavy atom. The van der Waals surface area contributed by atoms with Crippen LogP contribution in [0.4, 0.5) is 0 Å². The highest BCUT2D eigenvalue weighted by Gasteiger charge is 1.97. The van der Waals surface area contributed by atoms with Crippen molar-refractivity contribution < 1.29 is 15.7 Å².